The lowest BCUT2D eigenvalue weighted by atomic mass is 10.1. The summed E-state index contributed by atoms with van der Waals surface area (Å²) >= 11 is 1.41. The lowest BCUT2D eigenvalue weighted by molar-refractivity contribution is 0.102. The molecule has 1 unspecified atom stereocenters. The number of aromatic nitrogens is 4. The lowest BCUT2D eigenvalue weighted by Gasteiger charge is -2.18. The number of carbonyl (C=O) groups is 1. The van der Waals surface area contributed by atoms with E-state index < -0.39 is 0 Å². The molecule has 10 heteroatoms. The highest BCUT2D eigenvalue weighted by atomic mass is 32.1. The molecule has 0 spiro atoms. The zero-order valence-corrected chi connectivity index (χ0v) is 20.9. The van der Waals surface area contributed by atoms with Crippen molar-refractivity contribution in [2.45, 2.75) is 26.0 Å². The Morgan fingerprint density at radius 2 is 2.03 bits per heavy atom. The first-order chi connectivity index (χ1) is 17.9. The van der Waals surface area contributed by atoms with E-state index in [1.165, 1.54) is 11.3 Å². The molecular formula is C27H23N5O4S. The normalized spacial score (nSPS) is 18.9. The summed E-state index contributed by atoms with van der Waals surface area (Å²) in [5.74, 6) is 0.603. The first kappa shape index (κ1) is 22.2. The molecule has 2 aliphatic rings. The molecule has 5 aromatic rings. The average molecular weight is 514 g/mol. The summed E-state index contributed by atoms with van der Waals surface area (Å²) in [6.45, 7) is 4.38. The minimum atomic E-state index is -0.355. The minimum Gasteiger partial charge on any atom is -0.487 e. The van der Waals surface area contributed by atoms with E-state index >= 15 is 0 Å². The second-order valence-corrected chi connectivity index (χ2v) is 10.7. The van der Waals surface area contributed by atoms with Gasteiger partial charge in [-0.15, -0.1) is 11.3 Å². The Morgan fingerprint density at radius 3 is 2.86 bits per heavy atom. The summed E-state index contributed by atoms with van der Waals surface area (Å²) in [5, 5.41) is 3.75. The van der Waals surface area contributed by atoms with Crippen LogP contribution >= 0.6 is 11.3 Å². The van der Waals surface area contributed by atoms with Crippen LogP contribution < -0.4 is 15.9 Å². The molecule has 0 amide bonds. The second kappa shape index (κ2) is 8.25. The molecule has 186 valence electrons. The summed E-state index contributed by atoms with van der Waals surface area (Å²) in [7, 11) is 0. The van der Waals surface area contributed by atoms with Crippen molar-refractivity contribution in [1.82, 2.24) is 24.6 Å². The number of thiophene rings is 1. The first-order valence-corrected chi connectivity index (χ1v) is 13.1. The van der Waals surface area contributed by atoms with E-state index in [0.29, 0.717) is 51.2 Å². The van der Waals surface area contributed by atoms with Gasteiger partial charge in [-0.05, 0) is 49.2 Å². The van der Waals surface area contributed by atoms with Crippen molar-refractivity contribution in [3.63, 3.8) is 0 Å². The van der Waals surface area contributed by atoms with Crippen molar-refractivity contribution >= 4 is 39.1 Å². The van der Waals surface area contributed by atoms with Crippen molar-refractivity contribution in [3.8, 4) is 27.4 Å². The molecule has 1 saturated heterocycles. The number of hydrogen-bond acceptors (Lipinski definition) is 7. The van der Waals surface area contributed by atoms with Crippen LogP contribution in [0.25, 0.3) is 43.6 Å². The number of benzene rings is 2. The zero-order valence-electron chi connectivity index (χ0n) is 20.0. The Balaban J connectivity index is 1.49. The number of H-pyrrole nitrogens is 2. The third-order valence-electron chi connectivity index (χ3n) is 7.20. The molecule has 2 atom stereocenters. The smallest absolute Gasteiger partial charge is 0.275 e. The van der Waals surface area contributed by atoms with Gasteiger partial charge in [-0.25, -0.2) is 4.98 Å². The van der Waals surface area contributed by atoms with Crippen molar-refractivity contribution in [1.29, 1.82) is 0 Å². The number of hydrogen-bond donors (Lipinski definition) is 2. The zero-order chi connectivity index (χ0) is 25.3. The Labute approximate surface area is 214 Å². The predicted molar refractivity (Wildman–Crippen MR) is 143 cm³/mol. The van der Waals surface area contributed by atoms with Crippen LogP contribution in [0.1, 0.15) is 23.0 Å². The van der Waals surface area contributed by atoms with Gasteiger partial charge in [0, 0.05) is 30.1 Å². The Bertz CT molecular complexity index is 1850. The van der Waals surface area contributed by atoms with Crippen molar-refractivity contribution < 1.29 is 9.53 Å². The molecule has 2 aromatic carbocycles. The maximum atomic E-state index is 13.3. The molecule has 0 radical (unpaired) electrons. The van der Waals surface area contributed by atoms with Crippen LogP contribution in [0, 0.1) is 0 Å². The number of fused-ring (bicyclic) bond motifs is 5. The second-order valence-electron chi connectivity index (χ2n) is 9.63. The highest BCUT2D eigenvalue weighted by Gasteiger charge is 2.26. The summed E-state index contributed by atoms with van der Waals surface area (Å²) in [5.41, 5.74) is 2.88. The minimum absolute atomic E-state index is 0.0155. The molecule has 3 aromatic heterocycles. The number of nitrogens with zero attached hydrogens (tertiary/aromatic N) is 3. The van der Waals surface area contributed by atoms with E-state index in [9.17, 15) is 14.4 Å². The number of Topliss-reactive ketones (excluding diaryl/α,β-unsaturated/α-hetero) is 1. The van der Waals surface area contributed by atoms with Gasteiger partial charge in [-0.2, -0.15) is 0 Å². The Hall–Kier alpha value is -4.02. The van der Waals surface area contributed by atoms with Gasteiger partial charge in [0.2, 0.25) is 0 Å². The fourth-order valence-electron chi connectivity index (χ4n) is 5.31. The molecule has 0 aliphatic carbocycles. The first-order valence-electron chi connectivity index (χ1n) is 12.2. The van der Waals surface area contributed by atoms with E-state index in [1.807, 2.05) is 24.3 Å². The molecule has 0 saturated carbocycles. The largest absolute Gasteiger partial charge is 0.487 e. The van der Waals surface area contributed by atoms with Crippen molar-refractivity contribution in [3.05, 3.63) is 68.0 Å². The molecule has 7 rings (SSSR count). The topological polar surface area (TPSA) is 113 Å². The van der Waals surface area contributed by atoms with Crippen LogP contribution in [0.5, 0.6) is 5.75 Å². The molecule has 2 N–H and O–H groups in total. The number of aromatic amines is 2. The number of para-hydroxylation sites is 1. The van der Waals surface area contributed by atoms with Crippen LogP contribution in [0.15, 0.2) is 52.1 Å². The van der Waals surface area contributed by atoms with Gasteiger partial charge in [0.1, 0.15) is 23.1 Å². The monoisotopic (exact) mass is 513 g/mol. The molecule has 37 heavy (non-hydrogen) atoms. The highest BCUT2D eigenvalue weighted by molar-refractivity contribution is 7.17. The van der Waals surface area contributed by atoms with Crippen LogP contribution in [0.2, 0.25) is 0 Å². The number of nitrogens with one attached hydrogen (secondary N) is 2. The molecule has 5 heterocycles. The van der Waals surface area contributed by atoms with E-state index in [-0.39, 0.29) is 28.7 Å². The summed E-state index contributed by atoms with van der Waals surface area (Å²) in [6, 6.07) is 12.9. The van der Waals surface area contributed by atoms with E-state index in [0.717, 1.165) is 30.0 Å². The van der Waals surface area contributed by atoms with Gasteiger partial charge in [-0.3, -0.25) is 29.1 Å². The van der Waals surface area contributed by atoms with Gasteiger partial charge in [0.05, 0.1) is 27.8 Å². The Kier molecular flexibility index (Phi) is 4.95. The van der Waals surface area contributed by atoms with Crippen LogP contribution in [0.4, 0.5) is 0 Å². The van der Waals surface area contributed by atoms with Crippen LogP contribution in [0.3, 0.4) is 0 Å². The molecule has 9 nitrogen and oxygen atoms in total. The van der Waals surface area contributed by atoms with E-state index in [2.05, 4.69) is 15.0 Å². The maximum Gasteiger partial charge on any atom is 0.275 e. The number of ketones is 1. The van der Waals surface area contributed by atoms with Gasteiger partial charge < -0.3 is 9.72 Å². The van der Waals surface area contributed by atoms with Crippen LogP contribution in [-0.4, -0.2) is 56.2 Å². The molecule has 2 aliphatic heterocycles. The van der Waals surface area contributed by atoms with E-state index in [1.54, 1.807) is 29.8 Å². The van der Waals surface area contributed by atoms with Gasteiger partial charge >= 0.3 is 0 Å². The third kappa shape index (κ3) is 3.63. The van der Waals surface area contributed by atoms with Crippen molar-refractivity contribution in [2.75, 3.05) is 19.6 Å². The average Bonchev–Trinajstić information content (AvgIpc) is 3.61. The van der Waals surface area contributed by atoms with Crippen molar-refractivity contribution in [2.24, 2.45) is 0 Å². The fourth-order valence-corrected chi connectivity index (χ4v) is 6.20. The summed E-state index contributed by atoms with van der Waals surface area (Å²) in [6.07, 6.45) is 0.799. The van der Waals surface area contributed by atoms with E-state index in [4.69, 9.17) is 9.72 Å². The predicted octanol–water partition coefficient (Wildman–Crippen LogP) is 3.63. The lowest BCUT2D eigenvalue weighted by Crippen LogP contribution is -2.30. The van der Waals surface area contributed by atoms with Gasteiger partial charge in [-0.1, -0.05) is 12.1 Å². The fraction of sp³-hybridized carbons (Fsp3) is 0.259. The summed E-state index contributed by atoms with van der Waals surface area (Å²) < 4.78 is 8.15. The number of rotatable bonds is 2. The quantitative estimate of drug-likeness (QED) is 0.349. The number of carbonyl (C=O) groups excluding carboxylic acids is 1. The molecule has 6 bridgehead atoms. The maximum absolute atomic E-state index is 13.3. The molecule has 1 fully saturated rings. The molecular weight excluding hydrogens is 490 g/mol. The van der Waals surface area contributed by atoms with Crippen LogP contribution in [-0.2, 0) is 6.54 Å². The third-order valence-corrected chi connectivity index (χ3v) is 8.44. The highest BCUT2D eigenvalue weighted by Crippen LogP contribution is 2.36. The van der Waals surface area contributed by atoms with Gasteiger partial charge in [0.15, 0.2) is 5.78 Å². The standard InChI is InChI=1S/C27H23N5O4S/c1-14(33)21-5-6-22(37-21)15-11-19-25-20(12-15)36-16-7-8-31(13-16)9-10-32-27(35)18-4-2-3-17(23(18)30-32)24(29-25)26(34)28-19/h2-6,11-12,16,30H,7-10,13H2,1H3,(H,28,34)/t16-/m0/s1. The Morgan fingerprint density at radius 1 is 1.14 bits per heavy atom. The SMILES string of the molecule is CC(=O)c1ccc(-c2cc3c4nc(c(=O)[nH]c4c2)-c2cccc4c(=O)n([nH]c24)CCN2CC[C@@H](C2)O3)s1. The van der Waals surface area contributed by atoms with Gasteiger partial charge in [0.25, 0.3) is 11.1 Å². The summed E-state index contributed by atoms with van der Waals surface area (Å²) in [4.78, 5) is 50.0. The number of ether oxygens (including phenoxy) is 1.